The van der Waals surface area contributed by atoms with Gasteiger partial charge < -0.3 is 5.32 Å². The zero-order valence-corrected chi connectivity index (χ0v) is 6.28. The first-order valence-electron chi connectivity index (χ1n) is 3.48. The molecule has 0 aliphatic rings. The molecule has 0 aromatic heterocycles. The fraction of sp³-hybridized carbons (Fsp3) is 0.750. The highest BCUT2D eigenvalue weighted by molar-refractivity contribution is 4.87. The van der Waals surface area contributed by atoms with Crippen molar-refractivity contribution in [3.63, 3.8) is 0 Å². The van der Waals surface area contributed by atoms with Crippen LogP contribution in [0.15, 0.2) is 0 Å². The molecule has 0 fully saturated rings. The molecule has 1 N–H and O–H groups in total. The van der Waals surface area contributed by atoms with Gasteiger partial charge in [-0.1, -0.05) is 19.3 Å². The number of nitrogens with one attached hydrogen (secondary N) is 1. The van der Waals surface area contributed by atoms with Crippen molar-refractivity contribution in [1.29, 1.82) is 0 Å². The fourth-order valence-corrected chi connectivity index (χ4v) is 0.768. The van der Waals surface area contributed by atoms with Gasteiger partial charge in [-0.25, -0.2) is 0 Å². The topological polar surface area (TPSA) is 12.0 Å². The van der Waals surface area contributed by atoms with Gasteiger partial charge in [-0.3, -0.25) is 0 Å². The summed E-state index contributed by atoms with van der Waals surface area (Å²) in [5.41, 5.74) is 0. The minimum Gasteiger partial charge on any atom is -0.304 e. The van der Waals surface area contributed by atoms with Gasteiger partial charge in [0.05, 0.1) is 6.54 Å². The number of rotatable bonds is 4. The summed E-state index contributed by atoms with van der Waals surface area (Å²) in [4.78, 5) is 0. The molecular formula is C8H15N. The van der Waals surface area contributed by atoms with Crippen molar-refractivity contribution in [2.75, 3.05) is 6.54 Å². The van der Waals surface area contributed by atoms with E-state index in [9.17, 15) is 0 Å². The molecule has 1 atom stereocenters. The van der Waals surface area contributed by atoms with E-state index in [2.05, 4.69) is 25.1 Å². The van der Waals surface area contributed by atoms with E-state index in [1.807, 2.05) is 0 Å². The van der Waals surface area contributed by atoms with Gasteiger partial charge >= 0.3 is 0 Å². The largest absolute Gasteiger partial charge is 0.304 e. The average molecular weight is 125 g/mol. The summed E-state index contributed by atoms with van der Waals surface area (Å²) in [6, 6.07) is 0.575. The fourth-order valence-electron chi connectivity index (χ4n) is 0.768. The van der Waals surface area contributed by atoms with E-state index in [0.29, 0.717) is 12.6 Å². The normalized spacial score (nSPS) is 12.6. The molecular weight excluding hydrogens is 110 g/mol. The van der Waals surface area contributed by atoms with E-state index in [0.717, 1.165) is 0 Å². The van der Waals surface area contributed by atoms with Crippen molar-refractivity contribution >= 4 is 0 Å². The van der Waals surface area contributed by atoms with E-state index in [-0.39, 0.29) is 0 Å². The summed E-state index contributed by atoms with van der Waals surface area (Å²) in [5, 5.41) is 3.20. The molecule has 0 rings (SSSR count). The zero-order valence-electron chi connectivity index (χ0n) is 6.28. The Balaban J connectivity index is 3.07. The van der Waals surface area contributed by atoms with Gasteiger partial charge in [-0.05, 0) is 13.3 Å². The Hall–Kier alpha value is -0.480. The first-order chi connectivity index (χ1) is 4.31. The first kappa shape index (κ1) is 8.52. The van der Waals surface area contributed by atoms with Crippen LogP contribution in [0, 0.1) is 12.3 Å². The highest BCUT2D eigenvalue weighted by atomic mass is 14.9. The van der Waals surface area contributed by atoms with E-state index in [1.54, 1.807) is 0 Å². The highest BCUT2D eigenvalue weighted by Gasteiger charge is 1.94. The van der Waals surface area contributed by atoms with Crippen molar-refractivity contribution in [1.82, 2.24) is 5.32 Å². The number of hydrogen-bond donors (Lipinski definition) is 1. The van der Waals surface area contributed by atoms with Gasteiger partial charge in [0.25, 0.3) is 0 Å². The maximum atomic E-state index is 5.06. The van der Waals surface area contributed by atoms with Crippen LogP contribution < -0.4 is 5.32 Å². The molecule has 0 aliphatic carbocycles. The summed E-state index contributed by atoms with van der Waals surface area (Å²) in [6.45, 7) is 5.02. The lowest BCUT2D eigenvalue weighted by Gasteiger charge is -2.08. The molecule has 0 amide bonds. The van der Waals surface area contributed by atoms with Gasteiger partial charge in [0.2, 0.25) is 0 Å². The van der Waals surface area contributed by atoms with Gasteiger partial charge in [0.15, 0.2) is 0 Å². The van der Waals surface area contributed by atoms with E-state index in [1.165, 1.54) is 12.8 Å². The van der Waals surface area contributed by atoms with Crippen molar-refractivity contribution in [2.45, 2.75) is 32.7 Å². The van der Waals surface area contributed by atoms with Crippen LogP contribution in [-0.2, 0) is 0 Å². The van der Waals surface area contributed by atoms with Gasteiger partial charge in [-0.15, -0.1) is 6.42 Å². The maximum Gasteiger partial charge on any atom is 0.0575 e. The molecule has 1 unspecified atom stereocenters. The standard InChI is InChI=1S/C8H15N/c1-4-6-8(3)9-7-5-2/h2,8-9H,4,6-7H2,1,3H3. The lowest BCUT2D eigenvalue weighted by Crippen LogP contribution is -2.25. The van der Waals surface area contributed by atoms with Gasteiger partial charge in [0, 0.05) is 6.04 Å². The van der Waals surface area contributed by atoms with Crippen LogP contribution in [-0.4, -0.2) is 12.6 Å². The second-order valence-corrected chi connectivity index (χ2v) is 2.27. The van der Waals surface area contributed by atoms with Gasteiger partial charge in [-0.2, -0.15) is 0 Å². The van der Waals surface area contributed by atoms with Crippen LogP contribution in [0.2, 0.25) is 0 Å². The molecule has 0 saturated heterocycles. The van der Waals surface area contributed by atoms with Crippen molar-refractivity contribution in [2.24, 2.45) is 0 Å². The lowest BCUT2D eigenvalue weighted by atomic mass is 10.2. The molecule has 0 aromatic rings. The molecule has 0 radical (unpaired) electrons. The van der Waals surface area contributed by atoms with Crippen molar-refractivity contribution < 1.29 is 0 Å². The Kier molecular flexibility index (Phi) is 5.35. The Morgan fingerprint density at radius 2 is 2.33 bits per heavy atom. The molecule has 1 nitrogen and oxygen atoms in total. The minimum absolute atomic E-state index is 0.575. The average Bonchev–Trinajstić information content (AvgIpc) is 1.85. The third-order valence-corrected chi connectivity index (χ3v) is 1.27. The summed E-state index contributed by atoms with van der Waals surface area (Å²) >= 11 is 0. The van der Waals surface area contributed by atoms with E-state index < -0.39 is 0 Å². The van der Waals surface area contributed by atoms with Gasteiger partial charge in [0.1, 0.15) is 0 Å². The second-order valence-electron chi connectivity index (χ2n) is 2.27. The van der Waals surface area contributed by atoms with Crippen LogP contribution in [0.25, 0.3) is 0 Å². The Morgan fingerprint density at radius 1 is 1.67 bits per heavy atom. The SMILES string of the molecule is C#CCNC(C)CCC. The molecule has 52 valence electrons. The molecule has 0 spiro atoms. The summed E-state index contributed by atoms with van der Waals surface area (Å²) in [6.07, 6.45) is 7.49. The summed E-state index contributed by atoms with van der Waals surface area (Å²) in [5.74, 6) is 2.55. The molecule has 0 heterocycles. The second kappa shape index (κ2) is 5.65. The quantitative estimate of drug-likeness (QED) is 0.560. The molecule has 0 aliphatic heterocycles. The van der Waals surface area contributed by atoms with Crippen LogP contribution in [0.4, 0.5) is 0 Å². The van der Waals surface area contributed by atoms with E-state index >= 15 is 0 Å². The Morgan fingerprint density at radius 3 is 2.78 bits per heavy atom. The maximum absolute atomic E-state index is 5.06. The Labute approximate surface area is 57.8 Å². The number of hydrogen-bond acceptors (Lipinski definition) is 1. The van der Waals surface area contributed by atoms with Crippen molar-refractivity contribution in [3.05, 3.63) is 0 Å². The van der Waals surface area contributed by atoms with Crippen LogP contribution in [0.1, 0.15) is 26.7 Å². The molecule has 9 heavy (non-hydrogen) atoms. The molecule has 0 bridgehead atoms. The highest BCUT2D eigenvalue weighted by Crippen LogP contribution is 1.92. The monoisotopic (exact) mass is 125 g/mol. The predicted molar refractivity (Wildman–Crippen MR) is 41.2 cm³/mol. The third kappa shape index (κ3) is 5.39. The Bertz CT molecular complexity index is 91.2. The minimum atomic E-state index is 0.575. The van der Waals surface area contributed by atoms with Crippen LogP contribution >= 0.6 is 0 Å². The lowest BCUT2D eigenvalue weighted by molar-refractivity contribution is 0.540. The summed E-state index contributed by atoms with van der Waals surface area (Å²) in [7, 11) is 0. The first-order valence-corrected chi connectivity index (χ1v) is 3.48. The van der Waals surface area contributed by atoms with E-state index in [4.69, 9.17) is 6.42 Å². The summed E-state index contributed by atoms with van der Waals surface area (Å²) < 4.78 is 0. The van der Waals surface area contributed by atoms with Crippen LogP contribution in [0.3, 0.4) is 0 Å². The van der Waals surface area contributed by atoms with Crippen LogP contribution in [0.5, 0.6) is 0 Å². The zero-order chi connectivity index (χ0) is 7.11. The molecule has 1 heteroatoms. The van der Waals surface area contributed by atoms with Crippen molar-refractivity contribution in [3.8, 4) is 12.3 Å². The number of terminal acetylenes is 1. The molecule has 0 saturated carbocycles. The predicted octanol–water partition coefficient (Wildman–Crippen LogP) is 1.40. The smallest absolute Gasteiger partial charge is 0.0575 e. The molecule has 0 aromatic carbocycles. The third-order valence-electron chi connectivity index (χ3n) is 1.27.